The molecule has 5 heteroatoms. The van der Waals surface area contributed by atoms with E-state index in [0.717, 1.165) is 56.6 Å². The average molecular weight is 422 g/mol. The number of aromatic amines is 1. The van der Waals surface area contributed by atoms with Crippen molar-refractivity contribution in [3.63, 3.8) is 0 Å². The summed E-state index contributed by atoms with van der Waals surface area (Å²) in [5, 5.41) is 6.20. The maximum atomic E-state index is 13.0. The van der Waals surface area contributed by atoms with Crippen molar-refractivity contribution < 1.29 is 9.59 Å². The van der Waals surface area contributed by atoms with Crippen LogP contribution in [0.25, 0.3) is 43.6 Å². The third-order valence-corrected chi connectivity index (χ3v) is 6.56. The predicted molar refractivity (Wildman–Crippen MR) is 129 cm³/mol. The lowest BCUT2D eigenvalue weighted by Crippen LogP contribution is -2.20. The smallest absolute Gasteiger partial charge is 0.259 e. The van der Waals surface area contributed by atoms with Crippen molar-refractivity contribution in [2.24, 2.45) is 0 Å². The molecule has 3 heterocycles. The van der Waals surface area contributed by atoms with Gasteiger partial charge < -0.3 is 9.55 Å². The number of H-pyrrole nitrogens is 1. The van der Waals surface area contributed by atoms with E-state index in [2.05, 4.69) is 66.0 Å². The molecule has 0 radical (unpaired) electrons. The largest absolute Gasteiger partial charge is 0.353 e. The van der Waals surface area contributed by atoms with Gasteiger partial charge in [-0.1, -0.05) is 42.0 Å². The van der Waals surface area contributed by atoms with Gasteiger partial charge in [0.1, 0.15) is 0 Å². The highest BCUT2D eigenvalue weighted by Gasteiger charge is 2.35. The predicted octanol–water partition coefficient (Wildman–Crippen LogP) is 5.84. The number of allylic oxidation sites excluding steroid dienone is 2. The van der Waals surface area contributed by atoms with Crippen LogP contribution in [0.2, 0.25) is 0 Å². The highest BCUT2D eigenvalue weighted by molar-refractivity contribution is 6.39. The van der Waals surface area contributed by atoms with Gasteiger partial charge in [0, 0.05) is 39.1 Å². The molecule has 1 aliphatic heterocycles. The summed E-state index contributed by atoms with van der Waals surface area (Å²) in [6, 6.07) is 14.4. The first-order valence-electron chi connectivity index (χ1n) is 11.0. The minimum atomic E-state index is -0.320. The zero-order valence-corrected chi connectivity index (χ0v) is 18.3. The molecule has 2 N–H and O–H groups in total. The minimum Gasteiger partial charge on any atom is -0.353 e. The third-order valence-electron chi connectivity index (χ3n) is 6.56. The Bertz CT molecular complexity index is 1660. The van der Waals surface area contributed by atoms with Gasteiger partial charge in [-0.15, -0.1) is 0 Å². The first-order chi connectivity index (χ1) is 15.5. The number of nitrogens with one attached hydrogen (secondary N) is 2. The van der Waals surface area contributed by atoms with E-state index in [0.29, 0.717) is 11.1 Å². The van der Waals surface area contributed by atoms with E-state index >= 15 is 0 Å². The van der Waals surface area contributed by atoms with Crippen LogP contribution in [-0.2, 0) is 13.0 Å². The Labute approximate surface area is 184 Å². The number of carbonyl (C=O) groups excluding carboxylic acids is 2. The number of amides is 2. The molecule has 0 fully saturated rings. The van der Waals surface area contributed by atoms with Crippen LogP contribution in [0.4, 0.5) is 0 Å². The topological polar surface area (TPSA) is 66.9 Å². The van der Waals surface area contributed by atoms with E-state index < -0.39 is 0 Å². The molecule has 32 heavy (non-hydrogen) atoms. The first-order valence-corrected chi connectivity index (χ1v) is 11.0. The van der Waals surface area contributed by atoms with Gasteiger partial charge in [0.05, 0.1) is 22.2 Å². The molecule has 2 amide bonds. The standard InChI is InChI=1S/C27H23N3O2/c1-4-30-19-8-6-5-7-17(19)21-23-22(26(31)29-27(23)32)20-16-12-11-15(10-9-14(2)3)13-18(16)28-24(20)25(21)30/h5-9,11-13,28H,4,10H2,1-3H3,(H,29,31,32). The Morgan fingerprint density at radius 2 is 1.72 bits per heavy atom. The highest BCUT2D eigenvalue weighted by atomic mass is 16.2. The quantitative estimate of drug-likeness (QED) is 0.284. The number of nitrogens with zero attached hydrogens (tertiary/aromatic N) is 1. The van der Waals surface area contributed by atoms with Crippen molar-refractivity contribution in [2.75, 3.05) is 0 Å². The summed E-state index contributed by atoms with van der Waals surface area (Å²) in [5.74, 6) is -0.634. The molecule has 2 aromatic heterocycles. The number of aromatic nitrogens is 2. The minimum absolute atomic E-state index is 0.314. The maximum Gasteiger partial charge on any atom is 0.259 e. The van der Waals surface area contributed by atoms with E-state index in [1.807, 2.05) is 18.2 Å². The number of rotatable bonds is 3. The summed E-state index contributed by atoms with van der Waals surface area (Å²) in [4.78, 5) is 29.6. The van der Waals surface area contributed by atoms with Gasteiger partial charge in [0.15, 0.2) is 0 Å². The molecule has 3 aromatic carbocycles. The SMILES string of the molecule is CCn1c2ccccc2c2c3c(c4c5ccc(CC=C(C)C)cc5[nH]c4c21)C(=O)NC3=O. The number of benzene rings is 3. The zero-order chi connectivity index (χ0) is 22.1. The Balaban J connectivity index is 1.83. The van der Waals surface area contributed by atoms with E-state index in [1.54, 1.807) is 0 Å². The van der Waals surface area contributed by atoms with Crippen LogP contribution < -0.4 is 5.32 Å². The van der Waals surface area contributed by atoms with Crippen molar-refractivity contribution in [1.82, 2.24) is 14.9 Å². The molecular formula is C27H23N3O2. The lowest BCUT2D eigenvalue weighted by Gasteiger charge is -2.07. The number of fused-ring (bicyclic) bond motifs is 10. The molecule has 0 atom stereocenters. The molecule has 0 aliphatic carbocycles. The van der Waals surface area contributed by atoms with Crippen LogP contribution in [-0.4, -0.2) is 21.4 Å². The summed E-state index contributed by atoms with van der Waals surface area (Å²) in [6.45, 7) is 7.06. The van der Waals surface area contributed by atoms with Gasteiger partial charge in [-0.05, 0) is 44.9 Å². The van der Waals surface area contributed by atoms with Crippen LogP contribution in [0.15, 0.2) is 54.1 Å². The molecule has 0 saturated heterocycles. The molecule has 0 unspecified atom stereocenters. The van der Waals surface area contributed by atoms with E-state index in [1.165, 1.54) is 11.1 Å². The van der Waals surface area contributed by atoms with Crippen molar-refractivity contribution in [3.8, 4) is 0 Å². The second kappa shape index (κ2) is 6.57. The average Bonchev–Trinajstić information content (AvgIpc) is 3.40. The number of carbonyl (C=O) groups is 2. The van der Waals surface area contributed by atoms with E-state index in [9.17, 15) is 9.59 Å². The molecule has 0 spiro atoms. The Kier molecular flexibility index (Phi) is 3.87. The Morgan fingerprint density at radius 3 is 2.47 bits per heavy atom. The van der Waals surface area contributed by atoms with Gasteiger partial charge in [-0.2, -0.15) is 0 Å². The van der Waals surface area contributed by atoms with Gasteiger partial charge in [-0.3, -0.25) is 14.9 Å². The van der Waals surface area contributed by atoms with Crippen LogP contribution in [0.3, 0.4) is 0 Å². The van der Waals surface area contributed by atoms with Crippen molar-refractivity contribution in [2.45, 2.75) is 33.7 Å². The van der Waals surface area contributed by atoms with Crippen molar-refractivity contribution in [1.29, 1.82) is 0 Å². The van der Waals surface area contributed by atoms with Gasteiger partial charge in [-0.25, -0.2) is 0 Å². The lowest BCUT2D eigenvalue weighted by molar-refractivity contribution is 0.0880. The van der Waals surface area contributed by atoms with Gasteiger partial charge >= 0.3 is 0 Å². The van der Waals surface area contributed by atoms with Crippen molar-refractivity contribution in [3.05, 3.63) is 70.8 Å². The fourth-order valence-electron chi connectivity index (χ4n) is 5.21. The summed E-state index contributed by atoms with van der Waals surface area (Å²) in [5.41, 5.74) is 7.41. The molecule has 6 rings (SSSR count). The number of imide groups is 1. The zero-order valence-electron chi connectivity index (χ0n) is 18.3. The van der Waals surface area contributed by atoms with Crippen LogP contribution in [0.1, 0.15) is 47.1 Å². The fourth-order valence-corrected chi connectivity index (χ4v) is 5.21. The third kappa shape index (κ3) is 2.39. The van der Waals surface area contributed by atoms with Crippen LogP contribution in [0.5, 0.6) is 0 Å². The second-order valence-corrected chi connectivity index (χ2v) is 8.76. The van der Waals surface area contributed by atoms with E-state index in [-0.39, 0.29) is 11.8 Å². The molecular weight excluding hydrogens is 398 g/mol. The summed E-state index contributed by atoms with van der Waals surface area (Å²) in [7, 11) is 0. The van der Waals surface area contributed by atoms with E-state index in [4.69, 9.17) is 0 Å². The fraction of sp³-hybridized carbons (Fsp3) is 0.185. The first kappa shape index (κ1) is 18.9. The number of hydrogen-bond donors (Lipinski definition) is 2. The number of hydrogen-bond acceptors (Lipinski definition) is 2. The number of aryl methyl sites for hydroxylation is 1. The molecule has 158 valence electrons. The maximum absolute atomic E-state index is 13.0. The number of para-hydroxylation sites is 1. The Morgan fingerprint density at radius 1 is 0.969 bits per heavy atom. The molecule has 0 bridgehead atoms. The van der Waals surface area contributed by atoms with Gasteiger partial charge in [0.2, 0.25) is 0 Å². The monoisotopic (exact) mass is 421 g/mol. The van der Waals surface area contributed by atoms with Crippen LogP contribution >= 0.6 is 0 Å². The summed E-state index contributed by atoms with van der Waals surface area (Å²) < 4.78 is 2.24. The Hall–Kier alpha value is -3.86. The lowest BCUT2D eigenvalue weighted by atomic mass is 9.96. The molecule has 5 nitrogen and oxygen atoms in total. The molecule has 0 saturated carbocycles. The summed E-state index contributed by atoms with van der Waals surface area (Å²) >= 11 is 0. The molecule has 5 aromatic rings. The normalized spacial score (nSPS) is 13.5. The second-order valence-electron chi connectivity index (χ2n) is 8.76. The van der Waals surface area contributed by atoms with Crippen molar-refractivity contribution >= 4 is 55.4 Å². The van der Waals surface area contributed by atoms with Gasteiger partial charge in [0.25, 0.3) is 11.8 Å². The molecule has 1 aliphatic rings. The van der Waals surface area contributed by atoms with Crippen LogP contribution in [0, 0.1) is 0 Å². The summed E-state index contributed by atoms with van der Waals surface area (Å²) in [6.07, 6.45) is 3.07. The highest BCUT2D eigenvalue weighted by Crippen LogP contribution is 2.43.